The number of carbonyl (C=O) groups excluding carboxylic acids is 1. The summed E-state index contributed by atoms with van der Waals surface area (Å²) in [6, 6.07) is 31.6. The second-order valence-electron chi connectivity index (χ2n) is 10.2. The molecule has 0 saturated carbocycles. The van der Waals surface area contributed by atoms with E-state index in [1.165, 1.54) is 7.11 Å². The first-order chi connectivity index (χ1) is 19.3. The molecule has 7 heteroatoms. The molecule has 0 aliphatic rings. The van der Waals surface area contributed by atoms with Crippen LogP contribution in [0, 0.1) is 0 Å². The van der Waals surface area contributed by atoms with Crippen molar-refractivity contribution in [2.75, 3.05) is 21.3 Å². The molecule has 1 N–H and O–H groups in total. The van der Waals surface area contributed by atoms with Gasteiger partial charge in [-0.15, -0.1) is 11.8 Å². The fourth-order valence-electron chi connectivity index (χ4n) is 5.34. The average molecular weight is 573 g/mol. The maximum absolute atomic E-state index is 13.4. The smallest absolute Gasteiger partial charge is 0.338 e. The minimum Gasteiger partial charge on any atom is -0.493 e. The number of benzene rings is 4. The first-order valence-corrected chi connectivity index (χ1v) is 16.1. The van der Waals surface area contributed by atoms with E-state index < -0.39 is 19.3 Å². The second kappa shape index (κ2) is 12.8. The molecule has 0 saturated heterocycles. The lowest BCUT2D eigenvalue weighted by Gasteiger charge is -2.41. The van der Waals surface area contributed by atoms with Gasteiger partial charge in [0.1, 0.15) is 0 Å². The number of hydrogen-bond acceptors (Lipinski definition) is 6. The van der Waals surface area contributed by atoms with Crippen LogP contribution in [0.25, 0.3) is 0 Å². The van der Waals surface area contributed by atoms with Gasteiger partial charge in [-0.25, -0.2) is 4.79 Å². The predicted octanol–water partition coefficient (Wildman–Crippen LogP) is 5.86. The molecule has 4 aromatic rings. The molecule has 0 bridgehead atoms. The van der Waals surface area contributed by atoms with Gasteiger partial charge in [0.2, 0.25) is 0 Å². The Morgan fingerprint density at radius 1 is 0.825 bits per heavy atom. The van der Waals surface area contributed by atoms with E-state index in [0.29, 0.717) is 34.8 Å². The fourth-order valence-corrected chi connectivity index (χ4v) is 9.97. The fraction of sp³-hybridized carbons (Fsp3) is 0.242. The summed E-state index contributed by atoms with van der Waals surface area (Å²) < 4.78 is 16.9. The summed E-state index contributed by atoms with van der Waals surface area (Å²) >= 11 is 1.61. The lowest BCUT2D eigenvalue weighted by molar-refractivity contribution is 0.0597. The van der Waals surface area contributed by atoms with Crippen molar-refractivity contribution in [3.8, 4) is 11.5 Å². The van der Waals surface area contributed by atoms with Gasteiger partial charge >= 0.3 is 5.97 Å². The summed E-state index contributed by atoms with van der Waals surface area (Å²) in [5.74, 6) is 1.07. The number of rotatable bonds is 11. The van der Waals surface area contributed by atoms with Crippen LogP contribution in [0.15, 0.2) is 102 Å². The maximum atomic E-state index is 13.4. The van der Waals surface area contributed by atoms with E-state index in [-0.39, 0.29) is 0 Å². The molecule has 40 heavy (non-hydrogen) atoms. The molecule has 0 fully saturated rings. The summed E-state index contributed by atoms with van der Waals surface area (Å²) in [6.07, 6.45) is 0.410. The highest BCUT2D eigenvalue weighted by atomic mass is 32.2. The van der Waals surface area contributed by atoms with Crippen LogP contribution in [0.5, 0.6) is 11.5 Å². The van der Waals surface area contributed by atoms with E-state index in [2.05, 4.69) is 13.8 Å². The topological polar surface area (TPSA) is 65.0 Å². The Bertz CT molecular complexity index is 1390. The zero-order chi connectivity index (χ0) is 28.8. The van der Waals surface area contributed by atoms with Gasteiger partial charge in [-0.1, -0.05) is 92.7 Å². The van der Waals surface area contributed by atoms with Crippen molar-refractivity contribution in [3.05, 3.63) is 114 Å². The molecule has 0 aliphatic carbocycles. The minimum absolute atomic E-state index is 0.410. The number of esters is 1. The molecule has 0 aromatic heterocycles. The summed E-state index contributed by atoms with van der Waals surface area (Å²) in [5, 5.41) is 1.18. The monoisotopic (exact) mass is 572 g/mol. The molecular formula is C33H36O5SSi. The predicted molar refractivity (Wildman–Crippen MR) is 165 cm³/mol. The standard InChI is InChI=1S/C33H36O5SSi/c1-33(2,40(35,26-17-11-7-12-18-26)27-19-13-8-14-20-27)22-24-21-29(36-3)31(37-4)28(30(24)32(34)38-5)23-39-25-15-9-6-10-16-25/h6-21,35H,22-23H2,1-5H3. The molecule has 4 aromatic carbocycles. The van der Waals surface area contributed by atoms with Crippen LogP contribution in [0.1, 0.15) is 35.3 Å². The van der Waals surface area contributed by atoms with Crippen molar-refractivity contribution in [2.24, 2.45) is 0 Å². The van der Waals surface area contributed by atoms with Crippen LogP contribution in [0.2, 0.25) is 5.04 Å². The van der Waals surface area contributed by atoms with Crippen molar-refractivity contribution in [3.63, 3.8) is 0 Å². The Balaban J connectivity index is 1.89. The Morgan fingerprint density at radius 2 is 1.35 bits per heavy atom. The molecule has 0 amide bonds. The van der Waals surface area contributed by atoms with E-state index in [1.54, 1.807) is 26.0 Å². The largest absolute Gasteiger partial charge is 0.493 e. The normalized spacial score (nSPS) is 11.7. The van der Waals surface area contributed by atoms with Gasteiger partial charge in [-0.05, 0) is 45.6 Å². The Hall–Kier alpha value is -3.52. The molecule has 0 atom stereocenters. The summed E-state index contributed by atoms with van der Waals surface area (Å²) in [5.41, 5.74) is 1.91. The highest BCUT2D eigenvalue weighted by molar-refractivity contribution is 7.98. The molecule has 0 heterocycles. The zero-order valence-corrected chi connectivity index (χ0v) is 25.5. The molecular weight excluding hydrogens is 537 g/mol. The summed E-state index contributed by atoms with van der Waals surface area (Å²) in [7, 11) is 1.22. The summed E-state index contributed by atoms with van der Waals surface area (Å²) in [4.78, 5) is 27.2. The lowest BCUT2D eigenvalue weighted by atomic mass is 9.93. The Labute approximate surface area is 242 Å². The van der Waals surface area contributed by atoms with Gasteiger partial charge in [0.15, 0.2) is 11.5 Å². The van der Waals surface area contributed by atoms with Gasteiger partial charge in [0, 0.05) is 16.2 Å². The highest BCUT2D eigenvalue weighted by Gasteiger charge is 2.50. The lowest BCUT2D eigenvalue weighted by Crippen LogP contribution is -2.66. The van der Waals surface area contributed by atoms with Crippen LogP contribution in [-0.4, -0.2) is 40.4 Å². The van der Waals surface area contributed by atoms with Gasteiger partial charge < -0.3 is 19.0 Å². The molecule has 0 spiro atoms. The quantitative estimate of drug-likeness (QED) is 0.138. The van der Waals surface area contributed by atoms with E-state index in [0.717, 1.165) is 20.8 Å². The van der Waals surface area contributed by atoms with Crippen molar-refractivity contribution >= 4 is 36.4 Å². The van der Waals surface area contributed by atoms with Gasteiger partial charge in [-0.3, -0.25) is 0 Å². The molecule has 5 nitrogen and oxygen atoms in total. The number of methoxy groups -OCH3 is 3. The van der Waals surface area contributed by atoms with Gasteiger partial charge in [0.05, 0.1) is 26.9 Å². The summed E-state index contributed by atoms with van der Waals surface area (Å²) in [6.45, 7) is 4.16. The van der Waals surface area contributed by atoms with Crippen molar-refractivity contribution < 1.29 is 23.8 Å². The number of ether oxygens (including phenoxy) is 3. The highest BCUT2D eigenvalue weighted by Crippen LogP contribution is 2.45. The van der Waals surface area contributed by atoms with Crippen LogP contribution in [0.4, 0.5) is 0 Å². The van der Waals surface area contributed by atoms with Crippen molar-refractivity contribution in [1.82, 2.24) is 0 Å². The van der Waals surface area contributed by atoms with Crippen molar-refractivity contribution in [2.45, 2.75) is 36.0 Å². The molecule has 4 rings (SSSR count). The number of hydrogen-bond donors (Lipinski definition) is 1. The second-order valence-corrected chi connectivity index (χ2v) is 15.2. The van der Waals surface area contributed by atoms with E-state index in [4.69, 9.17) is 14.2 Å². The van der Waals surface area contributed by atoms with E-state index in [9.17, 15) is 9.59 Å². The first-order valence-electron chi connectivity index (χ1n) is 13.1. The average Bonchev–Trinajstić information content (AvgIpc) is 2.99. The molecule has 0 aliphatic heterocycles. The minimum atomic E-state index is -3.35. The van der Waals surface area contributed by atoms with Gasteiger partial charge in [0.25, 0.3) is 8.32 Å². The third-order valence-corrected chi connectivity index (χ3v) is 12.9. The van der Waals surface area contributed by atoms with Crippen LogP contribution in [-0.2, 0) is 16.9 Å². The Kier molecular flexibility index (Phi) is 9.40. The molecule has 208 valence electrons. The van der Waals surface area contributed by atoms with Crippen LogP contribution in [0.3, 0.4) is 0 Å². The first kappa shape index (κ1) is 29.5. The third kappa shape index (κ3) is 5.82. The van der Waals surface area contributed by atoms with E-state index in [1.807, 2.05) is 97.1 Å². The number of carbonyl (C=O) groups is 1. The third-order valence-electron chi connectivity index (χ3n) is 7.36. The van der Waals surface area contributed by atoms with Crippen LogP contribution < -0.4 is 19.8 Å². The Morgan fingerprint density at radius 3 is 1.82 bits per heavy atom. The maximum Gasteiger partial charge on any atom is 0.338 e. The van der Waals surface area contributed by atoms with Crippen LogP contribution >= 0.6 is 11.8 Å². The SMILES string of the molecule is COC(=O)c1c(CC(C)(C)[Si](O)(c2ccccc2)c2ccccc2)cc(OC)c(OC)c1CSc1ccccc1. The van der Waals surface area contributed by atoms with Gasteiger partial charge in [-0.2, -0.15) is 0 Å². The number of thioether (sulfide) groups is 1. The van der Waals surface area contributed by atoms with E-state index >= 15 is 0 Å². The molecule has 0 unspecified atom stereocenters. The zero-order valence-electron chi connectivity index (χ0n) is 23.6. The van der Waals surface area contributed by atoms with Crippen molar-refractivity contribution in [1.29, 1.82) is 0 Å². The molecule has 0 radical (unpaired) electrons.